The highest BCUT2D eigenvalue weighted by molar-refractivity contribution is 7.97. The molecule has 23 heavy (non-hydrogen) atoms. The molecule has 2 heterocycles. The lowest BCUT2D eigenvalue weighted by molar-refractivity contribution is 0.318. The number of hydrogen-bond acceptors (Lipinski definition) is 6. The third-order valence-corrected chi connectivity index (χ3v) is 3.99. The molecule has 0 N–H and O–H groups in total. The van der Waals surface area contributed by atoms with Crippen LogP contribution in [0.1, 0.15) is 13.3 Å². The Labute approximate surface area is 137 Å². The maximum absolute atomic E-state index is 12.7. The molecule has 0 atom stereocenters. The summed E-state index contributed by atoms with van der Waals surface area (Å²) < 4.78 is 7.34. The molecule has 0 fully saturated rings. The van der Waals surface area contributed by atoms with Crippen LogP contribution in [0.15, 0.2) is 41.6 Å². The molecule has 0 amide bonds. The first-order valence-corrected chi connectivity index (χ1v) is 8.44. The second-order valence-corrected chi connectivity index (χ2v) is 5.55. The third kappa shape index (κ3) is 2.92. The summed E-state index contributed by atoms with van der Waals surface area (Å²) in [7, 11) is 0. The standard InChI is InChI=1S/C16H16N4O2S/c1-3-8-22-13-7-5-4-6-11(13)15-19-14-12(9-17-10-18-14)16(21)20(15)23-2/h4-7,9-10H,3,8H2,1-2H3. The van der Waals surface area contributed by atoms with E-state index >= 15 is 0 Å². The largest absolute Gasteiger partial charge is 0.493 e. The second-order valence-electron chi connectivity index (χ2n) is 4.82. The fraction of sp³-hybridized carbons (Fsp3) is 0.250. The summed E-state index contributed by atoms with van der Waals surface area (Å²) in [5.41, 5.74) is 0.979. The second kappa shape index (κ2) is 6.78. The number of aromatic nitrogens is 4. The third-order valence-electron chi connectivity index (χ3n) is 3.28. The van der Waals surface area contributed by atoms with Gasteiger partial charge >= 0.3 is 0 Å². The number of benzene rings is 1. The highest BCUT2D eigenvalue weighted by atomic mass is 32.2. The minimum atomic E-state index is -0.177. The van der Waals surface area contributed by atoms with Gasteiger partial charge < -0.3 is 4.74 Å². The summed E-state index contributed by atoms with van der Waals surface area (Å²) in [5, 5.41) is 0.401. The SMILES string of the molecule is CCCOc1ccccc1-c1nc2ncncc2c(=O)n1SC. The molecule has 0 saturated carbocycles. The van der Waals surface area contributed by atoms with Crippen LogP contribution in [0.2, 0.25) is 0 Å². The van der Waals surface area contributed by atoms with Crippen LogP contribution in [0, 0.1) is 0 Å². The van der Waals surface area contributed by atoms with Gasteiger partial charge in [0.25, 0.3) is 5.56 Å². The van der Waals surface area contributed by atoms with Crippen molar-refractivity contribution in [3.63, 3.8) is 0 Å². The zero-order valence-corrected chi connectivity index (χ0v) is 13.7. The first kappa shape index (κ1) is 15.5. The van der Waals surface area contributed by atoms with E-state index in [0.29, 0.717) is 29.2 Å². The lowest BCUT2D eigenvalue weighted by atomic mass is 10.2. The van der Waals surface area contributed by atoms with Crippen molar-refractivity contribution in [2.45, 2.75) is 13.3 Å². The van der Waals surface area contributed by atoms with Gasteiger partial charge in [-0.1, -0.05) is 19.1 Å². The molecule has 0 saturated heterocycles. The molecule has 0 aliphatic rings. The van der Waals surface area contributed by atoms with E-state index in [0.717, 1.165) is 12.0 Å². The predicted octanol–water partition coefficient (Wildman–Crippen LogP) is 2.77. The molecule has 3 rings (SSSR count). The van der Waals surface area contributed by atoms with Crippen LogP contribution in [0.3, 0.4) is 0 Å². The molecule has 7 heteroatoms. The van der Waals surface area contributed by atoms with Gasteiger partial charge in [0, 0.05) is 12.5 Å². The van der Waals surface area contributed by atoms with Crippen LogP contribution in [0.25, 0.3) is 22.4 Å². The Kier molecular flexibility index (Phi) is 4.57. The van der Waals surface area contributed by atoms with E-state index in [-0.39, 0.29) is 5.56 Å². The van der Waals surface area contributed by atoms with Gasteiger partial charge in [0.15, 0.2) is 11.5 Å². The van der Waals surface area contributed by atoms with E-state index in [1.807, 2.05) is 37.4 Å². The zero-order chi connectivity index (χ0) is 16.2. The van der Waals surface area contributed by atoms with Crippen molar-refractivity contribution in [1.29, 1.82) is 0 Å². The Hall–Kier alpha value is -2.41. The van der Waals surface area contributed by atoms with Gasteiger partial charge in [0.05, 0.1) is 12.2 Å². The van der Waals surface area contributed by atoms with Crippen molar-refractivity contribution in [2.24, 2.45) is 0 Å². The van der Waals surface area contributed by atoms with E-state index < -0.39 is 0 Å². The Morgan fingerprint density at radius 2 is 2.13 bits per heavy atom. The van der Waals surface area contributed by atoms with Gasteiger partial charge in [-0.15, -0.1) is 0 Å². The number of ether oxygens (including phenoxy) is 1. The van der Waals surface area contributed by atoms with Gasteiger partial charge in [-0.2, -0.15) is 0 Å². The first-order chi connectivity index (χ1) is 11.3. The Morgan fingerprint density at radius 1 is 1.30 bits per heavy atom. The van der Waals surface area contributed by atoms with Crippen LogP contribution >= 0.6 is 11.9 Å². The van der Waals surface area contributed by atoms with Crippen molar-refractivity contribution < 1.29 is 4.74 Å². The highest BCUT2D eigenvalue weighted by Crippen LogP contribution is 2.29. The first-order valence-electron chi connectivity index (χ1n) is 7.25. The summed E-state index contributed by atoms with van der Waals surface area (Å²) in [6.07, 6.45) is 5.62. The minimum Gasteiger partial charge on any atom is -0.493 e. The van der Waals surface area contributed by atoms with Gasteiger partial charge in [-0.3, -0.25) is 4.79 Å². The van der Waals surface area contributed by atoms with Gasteiger partial charge in [0.1, 0.15) is 17.5 Å². The average molecular weight is 328 g/mol. The highest BCUT2D eigenvalue weighted by Gasteiger charge is 2.16. The van der Waals surface area contributed by atoms with Crippen molar-refractivity contribution >= 4 is 23.0 Å². The molecule has 3 aromatic rings. The van der Waals surface area contributed by atoms with E-state index in [1.165, 1.54) is 24.5 Å². The number of fused-ring (bicyclic) bond motifs is 1. The van der Waals surface area contributed by atoms with Crippen molar-refractivity contribution in [2.75, 3.05) is 12.9 Å². The molecule has 0 aliphatic carbocycles. The van der Waals surface area contributed by atoms with Crippen LogP contribution < -0.4 is 10.3 Å². The van der Waals surface area contributed by atoms with Crippen molar-refractivity contribution in [3.8, 4) is 17.1 Å². The molecule has 2 aromatic heterocycles. The maximum Gasteiger partial charge on any atom is 0.275 e. The van der Waals surface area contributed by atoms with Crippen LogP contribution in [-0.2, 0) is 0 Å². The number of hydrogen-bond donors (Lipinski definition) is 0. The van der Waals surface area contributed by atoms with E-state index in [1.54, 1.807) is 3.97 Å². The number of para-hydroxylation sites is 1. The molecule has 0 unspecified atom stereocenters. The molecule has 6 nitrogen and oxygen atoms in total. The zero-order valence-electron chi connectivity index (χ0n) is 12.9. The normalized spacial score (nSPS) is 10.9. The van der Waals surface area contributed by atoms with Crippen LogP contribution in [-0.4, -0.2) is 31.8 Å². The Balaban J connectivity index is 2.26. The summed E-state index contributed by atoms with van der Waals surface area (Å²) in [6.45, 7) is 2.65. The minimum absolute atomic E-state index is 0.177. The Bertz CT molecular complexity index is 895. The summed E-state index contributed by atoms with van der Waals surface area (Å²) in [6, 6.07) is 7.58. The van der Waals surface area contributed by atoms with E-state index in [2.05, 4.69) is 15.0 Å². The molecule has 0 radical (unpaired) electrons. The fourth-order valence-electron chi connectivity index (χ4n) is 2.24. The summed E-state index contributed by atoms with van der Waals surface area (Å²) >= 11 is 1.29. The summed E-state index contributed by atoms with van der Waals surface area (Å²) in [5.74, 6) is 1.23. The molecule has 0 aliphatic heterocycles. The van der Waals surface area contributed by atoms with Crippen molar-refractivity contribution in [1.82, 2.24) is 18.9 Å². The smallest absolute Gasteiger partial charge is 0.275 e. The maximum atomic E-state index is 12.7. The van der Waals surface area contributed by atoms with Crippen LogP contribution in [0.5, 0.6) is 5.75 Å². The van der Waals surface area contributed by atoms with Gasteiger partial charge in [-0.05, 0) is 30.5 Å². The topological polar surface area (TPSA) is 69.9 Å². The molecular weight excluding hydrogens is 312 g/mol. The van der Waals surface area contributed by atoms with Crippen molar-refractivity contribution in [3.05, 3.63) is 47.1 Å². The lowest BCUT2D eigenvalue weighted by Gasteiger charge is -2.14. The molecule has 0 bridgehead atoms. The number of rotatable bonds is 5. The van der Waals surface area contributed by atoms with Gasteiger partial charge in [-0.25, -0.2) is 18.9 Å². The van der Waals surface area contributed by atoms with Gasteiger partial charge in [0.2, 0.25) is 0 Å². The van der Waals surface area contributed by atoms with Crippen LogP contribution in [0.4, 0.5) is 0 Å². The predicted molar refractivity (Wildman–Crippen MR) is 91.7 cm³/mol. The number of nitrogens with zero attached hydrogens (tertiary/aromatic N) is 4. The summed E-state index contributed by atoms with van der Waals surface area (Å²) in [4.78, 5) is 25.2. The lowest BCUT2D eigenvalue weighted by Crippen LogP contribution is -2.19. The fourth-order valence-corrected chi connectivity index (χ4v) is 2.82. The molecular formula is C16H16N4O2S. The molecule has 118 valence electrons. The average Bonchev–Trinajstić information content (AvgIpc) is 2.60. The Morgan fingerprint density at radius 3 is 2.91 bits per heavy atom. The monoisotopic (exact) mass is 328 g/mol. The molecule has 1 aromatic carbocycles. The quantitative estimate of drug-likeness (QED) is 0.717. The van der Waals surface area contributed by atoms with E-state index in [9.17, 15) is 4.79 Å². The molecule has 0 spiro atoms. The van der Waals surface area contributed by atoms with E-state index in [4.69, 9.17) is 4.74 Å².